The van der Waals surface area contributed by atoms with Gasteiger partial charge in [0.1, 0.15) is 11.6 Å². The highest BCUT2D eigenvalue weighted by atomic mass is 19.1. The zero-order valence-corrected chi connectivity index (χ0v) is 10.9. The van der Waals surface area contributed by atoms with Crippen LogP contribution in [0.2, 0.25) is 0 Å². The van der Waals surface area contributed by atoms with Crippen molar-refractivity contribution in [3.8, 4) is 5.75 Å². The molecule has 0 atom stereocenters. The molecule has 0 saturated carbocycles. The Morgan fingerprint density at radius 1 is 1.33 bits per heavy atom. The standard InChI is InChI=1S/C14H21FN2O/c1-2-17(13-10-16-11-13)8-3-9-18-14-6-4-12(15)5-7-14/h4-7,13,16H,2-3,8-11H2,1H3. The quantitative estimate of drug-likeness (QED) is 0.750. The fourth-order valence-electron chi connectivity index (χ4n) is 2.12. The maximum absolute atomic E-state index is 12.7. The van der Waals surface area contributed by atoms with Crippen molar-refractivity contribution >= 4 is 0 Å². The SMILES string of the molecule is CCN(CCCOc1ccc(F)cc1)C1CNC1. The third-order valence-electron chi connectivity index (χ3n) is 3.35. The summed E-state index contributed by atoms with van der Waals surface area (Å²) >= 11 is 0. The van der Waals surface area contributed by atoms with Crippen LogP contribution in [-0.4, -0.2) is 43.7 Å². The van der Waals surface area contributed by atoms with E-state index in [1.165, 1.54) is 12.1 Å². The fraction of sp³-hybridized carbons (Fsp3) is 0.571. The van der Waals surface area contributed by atoms with Gasteiger partial charge in [0.15, 0.2) is 0 Å². The largest absolute Gasteiger partial charge is 0.494 e. The van der Waals surface area contributed by atoms with Crippen molar-refractivity contribution < 1.29 is 9.13 Å². The summed E-state index contributed by atoms with van der Waals surface area (Å²) < 4.78 is 18.3. The molecule has 0 unspecified atom stereocenters. The Labute approximate surface area is 108 Å². The van der Waals surface area contributed by atoms with Gasteiger partial charge in [-0.2, -0.15) is 0 Å². The highest BCUT2D eigenvalue weighted by Crippen LogP contribution is 2.11. The summed E-state index contributed by atoms with van der Waals surface area (Å²) in [5.74, 6) is 0.516. The summed E-state index contributed by atoms with van der Waals surface area (Å²) in [6, 6.07) is 6.88. The molecule has 1 fully saturated rings. The van der Waals surface area contributed by atoms with Crippen molar-refractivity contribution in [1.29, 1.82) is 0 Å². The summed E-state index contributed by atoms with van der Waals surface area (Å²) in [6.45, 7) is 7.23. The highest BCUT2D eigenvalue weighted by Gasteiger charge is 2.22. The first-order valence-corrected chi connectivity index (χ1v) is 6.62. The van der Waals surface area contributed by atoms with Gasteiger partial charge in [0.05, 0.1) is 6.61 Å². The van der Waals surface area contributed by atoms with Crippen molar-refractivity contribution in [2.75, 3.05) is 32.8 Å². The lowest BCUT2D eigenvalue weighted by molar-refractivity contribution is 0.142. The number of nitrogens with one attached hydrogen (secondary N) is 1. The first kappa shape index (κ1) is 13.3. The lowest BCUT2D eigenvalue weighted by Gasteiger charge is -2.37. The van der Waals surface area contributed by atoms with Gasteiger partial charge in [-0.05, 0) is 37.2 Å². The van der Waals surface area contributed by atoms with E-state index in [0.717, 1.165) is 38.3 Å². The fourth-order valence-corrected chi connectivity index (χ4v) is 2.12. The second-order valence-electron chi connectivity index (χ2n) is 4.60. The molecule has 0 aromatic heterocycles. The maximum Gasteiger partial charge on any atom is 0.123 e. The van der Waals surface area contributed by atoms with Gasteiger partial charge in [-0.25, -0.2) is 4.39 Å². The van der Waals surface area contributed by atoms with Crippen molar-refractivity contribution in [2.24, 2.45) is 0 Å². The van der Waals surface area contributed by atoms with Crippen LogP contribution in [0.5, 0.6) is 5.75 Å². The van der Waals surface area contributed by atoms with Crippen LogP contribution in [0.4, 0.5) is 4.39 Å². The minimum absolute atomic E-state index is 0.225. The normalized spacial score (nSPS) is 15.7. The number of ether oxygens (including phenoxy) is 1. The Balaban J connectivity index is 1.64. The van der Waals surface area contributed by atoms with Crippen LogP contribution >= 0.6 is 0 Å². The van der Waals surface area contributed by atoms with Crippen LogP contribution in [0.1, 0.15) is 13.3 Å². The molecule has 0 spiro atoms. The third kappa shape index (κ3) is 3.68. The number of nitrogens with zero attached hydrogens (tertiary/aromatic N) is 1. The maximum atomic E-state index is 12.7. The zero-order valence-electron chi connectivity index (χ0n) is 10.9. The molecule has 1 aromatic rings. The van der Waals surface area contributed by atoms with Crippen molar-refractivity contribution in [3.05, 3.63) is 30.1 Å². The average molecular weight is 252 g/mol. The van der Waals surface area contributed by atoms with E-state index in [0.29, 0.717) is 12.6 Å². The van der Waals surface area contributed by atoms with Crippen LogP contribution in [0.3, 0.4) is 0 Å². The molecular formula is C14H21FN2O. The Morgan fingerprint density at radius 2 is 2.06 bits per heavy atom. The van der Waals surface area contributed by atoms with Crippen LogP contribution in [0.15, 0.2) is 24.3 Å². The molecule has 1 heterocycles. The molecule has 0 bridgehead atoms. The van der Waals surface area contributed by atoms with Gasteiger partial charge in [0.2, 0.25) is 0 Å². The first-order chi connectivity index (χ1) is 8.79. The highest BCUT2D eigenvalue weighted by molar-refractivity contribution is 5.21. The van der Waals surface area contributed by atoms with Gasteiger partial charge in [-0.3, -0.25) is 4.90 Å². The summed E-state index contributed by atoms with van der Waals surface area (Å²) in [5, 5.41) is 3.29. The van der Waals surface area contributed by atoms with E-state index in [9.17, 15) is 4.39 Å². The predicted octanol–water partition coefficient (Wildman–Crippen LogP) is 1.89. The molecular weight excluding hydrogens is 231 g/mol. The van der Waals surface area contributed by atoms with Gasteiger partial charge in [0, 0.05) is 25.7 Å². The van der Waals surface area contributed by atoms with E-state index in [-0.39, 0.29) is 5.82 Å². The lowest BCUT2D eigenvalue weighted by Crippen LogP contribution is -2.57. The average Bonchev–Trinajstić information content (AvgIpc) is 2.33. The molecule has 4 heteroatoms. The van der Waals surface area contributed by atoms with E-state index in [4.69, 9.17) is 4.74 Å². The van der Waals surface area contributed by atoms with Gasteiger partial charge >= 0.3 is 0 Å². The number of hydrogen-bond acceptors (Lipinski definition) is 3. The summed E-state index contributed by atoms with van der Waals surface area (Å²) in [4.78, 5) is 2.48. The number of halogens is 1. The Morgan fingerprint density at radius 3 is 2.61 bits per heavy atom. The molecule has 1 aliphatic heterocycles. The van der Waals surface area contributed by atoms with Crippen molar-refractivity contribution in [2.45, 2.75) is 19.4 Å². The molecule has 1 aromatic carbocycles. The first-order valence-electron chi connectivity index (χ1n) is 6.62. The molecule has 0 radical (unpaired) electrons. The van der Waals surface area contributed by atoms with Gasteiger partial charge < -0.3 is 10.1 Å². The minimum Gasteiger partial charge on any atom is -0.494 e. The molecule has 1 N–H and O–H groups in total. The Kier molecular flexibility index (Phi) is 4.96. The van der Waals surface area contributed by atoms with E-state index >= 15 is 0 Å². The Bertz CT molecular complexity index is 351. The number of hydrogen-bond donors (Lipinski definition) is 1. The number of likely N-dealkylation sites (N-methyl/N-ethyl adjacent to an activating group) is 1. The van der Waals surface area contributed by atoms with E-state index in [2.05, 4.69) is 17.1 Å². The predicted molar refractivity (Wildman–Crippen MR) is 70.4 cm³/mol. The summed E-state index contributed by atoms with van der Waals surface area (Å²) in [7, 11) is 0. The molecule has 3 nitrogen and oxygen atoms in total. The summed E-state index contributed by atoms with van der Waals surface area (Å²) in [6.07, 6.45) is 1.00. The lowest BCUT2D eigenvalue weighted by atomic mass is 10.1. The Hall–Kier alpha value is -1.13. The molecule has 2 rings (SSSR count). The van der Waals surface area contributed by atoms with Crippen molar-refractivity contribution in [1.82, 2.24) is 10.2 Å². The van der Waals surface area contributed by atoms with Gasteiger partial charge in [-0.15, -0.1) is 0 Å². The number of benzene rings is 1. The molecule has 1 aliphatic rings. The second kappa shape index (κ2) is 6.71. The van der Waals surface area contributed by atoms with Gasteiger partial charge in [-0.1, -0.05) is 6.92 Å². The van der Waals surface area contributed by atoms with E-state index in [1.807, 2.05) is 0 Å². The van der Waals surface area contributed by atoms with Crippen LogP contribution in [0.25, 0.3) is 0 Å². The van der Waals surface area contributed by atoms with Gasteiger partial charge in [0.25, 0.3) is 0 Å². The van der Waals surface area contributed by atoms with E-state index < -0.39 is 0 Å². The molecule has 0 aliphatic carbocycles. The van der Waals surface area contributed by atoms with E-state index in [1.54, 1.807) is 12.1 Å². The van der Waals surface area contributed by atoms with Crippen molar-refractivity contribution in [3.63, 3.8) is 0 Å². The second-order valence-corrected chi connectivity index (χ2v) is 4.60. The van der Waals surface area contributed by atoms with Crippen LogP contribution < -0.4 is 10.1 Å². The summed E-state index contributed by atoms with van der Waals surface area (Å²) in [5.41, 5.74) is 0. The smallest absolute Gasteiger partial charge is 0.123 e. The molecule has 18 heavy (non-hydrogen) atoms. The minimum atomic E-state index is -0.225. The molecule has 1 saturated heterocycles. The van der Waals surface area contributed by atoms with Crippen LogP contribution in [0, 0.1) is 5.82 Å². The zero-order chi connectivity index (χ0) is 12.8. The third-order valence-corrected chi connectivity index (χ3v) is 3.35. The van der Waals surface area contributed by atoms with Crippen LogP contribution in [-0.2, 0) is 0 Å². The molecule has 0 amide bonds. The molecule has 100 valence electrons. The topological polar surface area (TPSA) is 24.5 Å². The monoisotopic (exact) mass is 252 g/mol. The number of rotatable bonds is 7.